The van der Waals surface area contributed by atoms with Crippen LogP contribution < -0.4 is 5.32 Å². The first-order valence-electron chi connectivity index (χ1n) is 8.38. The van der Waals surface area contributed by atoms with Gasteiger partial charge in [-0.1, -0.05) is 30.4 Å². The molecule has 2 heterocycles. The average Bonchev–Trinajstić information content (AvgIpc) is 2.96. The number of hydrogen-bond acceptors (Lipinski definition) is 3. The number of hydrogen-bond donors (Lipinski definition) is 1. The fourth-order valence-electron chi connectivity index (χ4n) is 3.06. The highest BCUT2D eigenvalue weighted by Crippen LogP contribution is 2.36. The lowest BCUT2D eigenvalue weighted by Gasteiger charge is -2.19. The van der Waals surface area contributed by atoms with Crippen LogP contribution in [0.1, 0.15) is 48.1 Å². The van der Waals surface area contributed by atoms with E-state index in [1.54, 1.807) is 24.5 Å². The standard InChI is InChI=1S/C20H17FN2O2/c21-17-6-2-5-15(10-17)19-18(23-20(24)25-19)16-9-14(11-22-12-16)8-7-13-3-1-4-13/h2,5-6,9-13,18-19H,1,3-4H2,(H,23,24)/t18-,19-/m1/s1. The molecule has 0 bridgehead atoms. The third kappa shape index (κ3) is 3.34. The van der Waals surface area contributed by atoms with Gasteiger partial charge in [0.15, 0.2) is 6.10 Å². The lowest BCUT2D eigenvalue weighted by molar-refractivity contribution is 0.132. The maximum Gasteiger partial charge on any atom is 0.408 e. The van der Waals surface area contributed by atoms with Crippen LogP contribution in [0.5, 0.6) is 0 Å². The highest BCUT2D eigenvalue weighted by atomic mass is 19.1. The minimum atomic E-state index is -0.597. The molecule has 0 radical (unpaired) electrons. The zero-order chi connectivity index (χ0) is 17.2. The third-order valence-corrected chi connectivity index (χ3v) is 4.63. The second-order valence-corrected chi connectivity index (χ2v) is 6.41. The summed E-state index contributed by atoms with van der Waals surface area (Å²) in [6.45, 7) is 0. The Balaban J connectivity index is 1.62. The molecule has 1 aromatic carbocycles. The normalized spacial score (nSPS) is 22.4. The molecule has 2 aromatic rings. The van der Waals surface area contributed by atoms with Crippen molar-refractivity contribution in [3.05, 3.63) is 65.2 Å². The van der Waals surface area contributed by atoms with Gasteiger partial charge in [0.05, 0.1) is 0 Å². The smallest absolute Gasteiger partial charge is 0.408 e. The van der Waals surface area contributed by atoms with Gasteiger partial charge >= 0.3 is 6.09 Å². The third-order valence-electron chi connectivity index (χ3n) is 4.63. The van der Waals surface area contributed by atoms with Crippen molar-refractivity contribution in [3.63, 3.8) is 0 Å². The van der Waals surface area contributed by atoms with Crippen LogP contribution in [0.2, 0.25) is 0 Å². The Kier molecular flexibility index (Phi) is 4.10. The molecule has 2 aliphatic rings. The molecular formula is C20H17FN2O2. The van der Waals surface area contributed by atoms with Gasteiger partial charge in [0.2, 0.25) is 0 Å². The van der Waals surface area contributed by atoms with Gasteiger partial charge in [-0.15, -0.1) is 0 Å². The number of rotatable bonds is 2. The molecule has 1 amide bonds. The van der Waals surface area contributed by atoms with Crippen molar-refractivity contribution < 1.29 is 13.9 Å². The van der Waals surface area contributed by atoms with E-state index in [1.807, 2.05) is 6.07 Å². The van der Waals surface area contributed by atoms with Crippen molar-refractivity contribution in [3.8, 4) is 11.8 Å². The van der Waals surface area contributed by atoms with Gasteiger partial charge in [-0.2, -0.15) is 0 Å². The van der Waals surface area contributed by atoms with Crippen LogP contribution in [0, 0.1) is 23.6 Å². The molecule has 0 spiro atoms. The number of alkyl carbamates (subject to hydrolysis) is 1. The van der Waals surface area contributed by atoms with E-state index in [2.05, 4.69) is 22.1 Å². The predicted octanol–water partition coefficient (Wildman–Crippen LogP) is 3.89. The molecule has 2 fully saturated rings. The number of nitrogens with one attached hydrogen (secondary N) is 1. The van der Waals surface area contributed by atoms with E-state index < -0.39 is 18.2 Å². The number of cyclic esters (lactones) is 1. The zero-order valence-electron chi connectivity index (χ0n) is 13.5. The van der Waals surface area contributed by atoms with Crippen molar-refractivity contribution in [1.29, 1.82) is 0 Å². The number of pyridine rings is 1. The van der Waals surface area contributed by atoms with Gasteiger partial charge in [0.25, 0.3) is 0 Å². The van der Waals surface area contributed by atoms with E-state index in [4.69, 9.17) is 4.74 Å². The second kappa shape index (κ2) is 6.56. The molecule has 0 unspecified atom stereocenters. The molecule has 1 aliphatic carbocycles. The molecule has 1 N–H and O–H groups in total. The maximum atomic E-state index is 13.5. The molecule has 4 nitrogen and oxygen atoms in total. The SMILES string of the molecule is O=C1N[C@H](c2cncc(C#CC3CCC3)c2)[C@@H](c2cccc(F)c2)O1. The molecule has 1 saturated heterocycles. The summed E-state index contributed by atoms with van der Waals surface area (Å²) in [5.41, 5.74) is 2.21. The lowest BCUT2D eigenvalue weighted by atomic mass is 9.86. The van der Waals surface area contributed by atoms with Gasteiger partial charge in [0.1, 0.15) is 11.9 Å². The van der Waals surface area contributed by atoms with Crippen molar-refractivity contribution in [2.45, 2.75) is 31.4 Å². The number of carbonyl (C=O) groups is 1. The predicted molar refractivity (Wildman–Crippen MR) is 90.0 cm³/mol. The monoisotopic (exact) mass is 336 g/mol. The molecule has 1 aromatic heterocycles. The maximum absolute atomic E-state index is 13.5. The molecule has 5 heteroatoms. The summed E-state index contributed by atoms with van der Waals surface area (Å²) >= 11 is 0. The minimum absolute atomic E-state index is 0.363. The van der Waals surface area contributed by atoms with Crippen LogP contribution in [0.4, 0.5) is 9.18 Å². The van der Waals surface area contributed by atoms with Gasteiger partial charge in [-0.3, -0.25) is 4.98 Å². The summed E-state index contributed by atoms with van der Waals surface area (Å²) in [7, 11) is 0. The van der Waals surface area contributed by atoms with Crippen LogP contribution in [-0.4, -0.2) is 11.1 Å². The highest BCUT2D eigenvalue weighted by molar-refractivity contribution is 5.71. The summed E-state index contributed by atoms with van der Waals surface area (Å²) in [4.78, 5) is 16.0. The van der Waals surface area contributed by atoms with Gasteiger partial charge in [-0.25, -0.2) is 9.18 Å². The van der Waals surface area contributed by atoms with Gasteiger partial charge in [-0.05, 0) is 42.2 Å². The molecule has 126 valence electrons. The summed E-state index contributed by atoms with van der Waals surface area (Å²) in [6, 6.07) is 7.57. The first-order chi connectivity index (χ1) is 12.2. The summed E-state index contributed by atoms with van der Waals surface area (Å²) in [6.07, 6.45) is 5.84. The number of aromatic nitrogens is 1. The van der Waals surface area contributed by atoms with E-state index in [9.17, 15) is 9.18 Å². The Labute approximate surface area is 145 Å². The van der Waals surface area contributed by atoms with E-state index in [1.165, 1.54) is 18.6 Å². The number of nitrogens with zero attached hydrogens (tertiary/aromatic N) is 1. The summed E-state index contributed by atoms with van der Waals surface area (Å²) in [5.74, 6) is 6.53. The molecule has 4 rings (SSSR count). The fraction of sp³-hybridized carbons (Fsp3) is 0.300. The summed E-state index contributed by atoms with van der Waals surface area (Å²) in [5, 5.41) is 2.78. The van der Waals surface area contributed by atoms with Crippen molar-refractivity contribution in [2.75, 3.05) is 0 Å². The first kappa shape index (κ1) is 15.6. The largest absolute Gasteiger partial charge is 0.439 e. The Bertz CT molecular complexity index is 867. The average molecular weight is 336 g/mol. The Morgan fingerprint density at radius 3 is 2.84 bits per heavy atom. The molecular weight excluding hydrogens is 319 g/mol. The highest BCUT2D eigenvalue weighted by Gasteiger charge is 2.36. The molecule has 1 aliphatic heterocycles. The van der Waals surface area contributed by atoms with Crippen molar-refractivity contribution in [1.82, 2.24) is 10.3 Å². The Morgan fingerprint density at radius 1 is 1.20 bits per heavy atom. The van der Waals surface area contributed by atoms with E-state index in [0.29, 0.717) is 11.5 Å². The number of ether oxygens (including phenoxy) is 1. The Hall–Kier alpha value is -2.87. The van der Waals surface area contributed by atoms with Gasteiger partial charge in [0, 0.05) is 23.9 Å². The fourth-order valence-corrected chi connectivity index (χ4v) is 3.06. The summed E-state index contributed by atoms with van der Waals surface area (Å²) < 4.78 is 18.9. The van der Waals surface area contributed by atoms with Crippen molar-refractivity contribution in [2.24, 2.45) is 5.92 Å². The minimum Gasteiger partial charge on any atom is -0.439 e. The van der Waals surface area contributed by atoms with Crippen LogP contribution >= 0.6 is 0 Å². The van der Waals surface area contributed by atoms with Crippen LogP contribution in [0.15, 0.2) is 42.7 Å². The first-order valence-corrected chi connectivity index (χ1v) is 8.38. The number of carbonyl (C=O) groups excluding carboxylic acids is 1. The van der Waals surface area contributed by atoms with Crippen molar-refractivity contribution >= 4 is 6.09 Å². The quantitative estimate of drug-likeness (QED) is 0.847. The van der Waals surface area contributed by atoms with E-state index in [0.717, 1.165) is 24.0 Å². The zero-order valence-corrected chi connectivity index (χ0v) is 13.5. The lowest BCUT2D eigenvalue weighted by Crippen LogP contribution is -2.20. The van der Waals surface area contributed by atoms with Crippen LogP contribution in [0.3, 0.4) is 0 Å². The molecule has 2 atom stereocenters. The number of halogens is 1. The topological polar surface area (TPSA) is 51.2 Å². The number of benzene rings is 1. The van der Waals surface area contributed by atoms with Gasteiger partial charge < -0.3 is 10.1 Å². The van der Waals surface area contributed by atoms with E-state index in [-0.39, 0.29) is 5.82 Å². The molecule has 1 saturated carbocycles. The van der Waals surface area contributed by atoms with E-state index >= 15 is 0 Å². The van der Waals surface area contributed by atoms with Crippen LogP contribution in [-0.2, 0) is 4.74 Å². The number of amides is 1. The van der Waals surface area contributed by atoms with Crippen LogP contribution in [0.25, 0.3) is 0 Å². The molecule has 25 heavy (non-hydrogen) atoms. The Morgan fingerprint density at radius 2 is 2.08 bits per heavy atom. The second-order valence-electron chi connectivity index (χ2n) is 6.41.